The Morgan fingerprint density at radius 3 is 2.65 bits per heavy atom. The molecule has 5 heteroatoms. The molecule has 0 saturated heterocycles. The van der Waals surface area contributed by atoms with E-state index >= 15 is 0 Å². The molecule has 2 heterocycles. The second-order valence-corrected chi connectivity index (χ2v) is 5.68. The minimum atomic E-state index is 0.891. The van der Waals surface area contributed by atoms with Gasteiger partial charge in [0.05, 0.1) is 11.0 Å². The van der Waals surface area contributed by atoms with Gasteiger partial charge < -0.3 is 4.90 Å². The molecule has 114 valence electrons. The van der Waals surface area contributed by atoms with E-state index in [0.29, 0.717) is 0 Å². The van der Waals surface area contributed by atoms with Gasteiger partial charge in [-0.3, -0.25) is 4.68 Å². The predicted octanol–water partition coefficient (Wildman–Crippen LogP) is 3.59. The first-order valence-corrected chi connectivity index (χ1v) is 7.52. The highest BCUT2D eigenvalue weighted by molar-refractivity contribution is 5.92. The molecule has 5 nitrogen and oxygen atoms in total. The topological polar surface area (TPSA) is 46.8 Å². The Morgan fingerprint density at radius 2 is 1.78 bits per heavy atom. The van der Waals surface area contributed by atoms with Crippen molar-refractivity contribution >= 4 is 33.3 Å². The van der Waals surface area contributed by atoms with Crippen LogP contribution in [-0.4, -0.2) is 26.8 Å². The maximum atomic E-state index is 4.57. The van der Waals surface area contributed by atoms with Crippen LogP contribution in [0.25, 0.3) is 21.8 Å². The van der Waals surface area contributed by atoms with Gasteiger partial charge in [-0.2, -0.15) is 5.10 Å². The third-order valence-electron chi connectivity index (χ3n) is 4.34. The normalized spacial score (nSPS) is 11.3. The number of rotatable bonds is 2. The third-order valence-corrected chi connectivity index (χ3v) is 4.34. The second-order valence-electron chi connectivity index (χ2n) is 5.68. The monoisotopic (exact) mass is 303 g/mol. The average molecular weight is 303 g/mol. The van der Waals surface area contributed by atoms with Crippen molar-refractivity contribution in [1.29, 1.82) is 0 Å². The highest BCUT2D eigenvalue weighted by Crippen LogP contribution is 2.30. The first-order valence-electron chi connectivity index (χ1n) is 7.52. The van der Waals surface area contributed by atoms with Crippen molar-refractivity contribution in [2.75, 3.05) is 11.9 Å². The Balaban J connectivity index is 1.86. The van der Waals surface area contributed by atoms with Crippen LogP contribution in [0.5, 0.6) is 0 Å². The van der Waals surface area contributed by atoms with E-state index in [2.05, 4.69) is 45.1 Å². The molecule has 0 bridgehead atoms. The minimum absolute atomic E-state index is 0.891. The lowest BCUT2D eigenvalue weighted by Gasteiger charge is -2.19. The van der Waals surface area contributed by atoms with Gasteiger partial charge in [-0.05, 0) is 37.3 Å². The highest BCUT2D eigenvalue weighted by atomic mass is 15.3. The fourth-order valence-corrected chi connectivity index (χ4v) is 2.91. The maximum Gasteiger partial charge on any atom is 0.144 e. The van der Waals surface area contributed by atoms with Gasteiger partial charge in [-0.25, -0.2) is 9.97 Å². The molecule has 0 N–H and O–H groups in total. The van der Waals surface area contributed by atoms with Crippen LogP contribution in [0.4, 0.5) is 11.5 Å². The largest absolute Gasteiger partial charge is 0.329 e. The first-order chi connectivity index (χ1) is 11.1. The van der Waals surface area contributed by atoms with Crippen LogP contribution in [0.3, 0.4) is 0 Å². The third kappa shape index (κ3) is 2.12. The minimum Gasteiger partial charge on any atom is -0.329 e. The summed E-state index contributed by atoms with van der Waals surface area (Å²) < 4.78 is 1.91. The van der Waals surface area contributed by atoms with Crippen molar-refractivity contribution in [2.45, 2.75) is 6.92 Å². The average Bonchev–Trinajstić information content (AvgIpc) is 2.87. The summed E-state index contributed by atoms with van der Waals surface area (Å²) in [6.07, 6.45) is 1.61. The summed E-state index contributed by atoms with van der Waals surface area (Å²) in [4.78, 5) is 10.9. The second kappa shape index (κ2) is 5.05. The lowest BCUT2D eigenvalue weighted by Crippen LogP contribution is -2.11. The Labute approximate surface area is 134 Å². The summed E-state index contributed by atoms with van der Waals surface area (Å²) in [5.74, 6) is 0.891. The van der Waals surface area contributed by atoms with Crippen molar-refractivity contribution in [3.63, 3.8) is 0 Å². The van der Waals surface area contributed by atoms with Gasteiger partial charge in [0.1, 0.15) is 12.1 Å². The molecule has 23 heavy (non-hydrogen) atoms. The summed E-state index contributed by atoms with van der Waals surface area (Å²) in [7, 11) is 3.99. The summed E-state index contributed by atoms with van der Waals surface area (Å²) in [6.45, 7) is 2.08. The molecular formula is C18H17N5. The van der Waals surface area contributed by atoms with Gasteiger partial charge in [0.2, 0.25) is 0 Å². The fraction of sp³-hybridized carbons (Fsp3) is 0.167. The molecule has 0 aliphatic rings. The predicted molar refractivity (Wildman–Crippen MR) is 93.1 cm³/mol. The maximum absolute atomic E-state index is 4.57. The molecule has 0 fully saturated rings. The number of fused-ring (bicyclic) bond motifs is 2. The smallest absolute Gasteiger partial charge is 0.144 e. The van der Waals surface area contributed by atoms with Gasteiger partial charge in [-0.1, -0.05) is 12.1 Å². The fourth-order valence-electron chi connectivity index (χ4n) is 2.91. The summed E-state index contributed by atoms with van der Waals surface area (Å²) in [5, 5.41) is 6.78. The molecule has 0 atom stereocenters. The number of nitrogens with zero attached hydrogens (tertiary/aromatic N) is 5. The lowest BCUT2D eigenvalue weighted by atomic mass is 10.1. The first kappa shape index (κ1) is 13.7. The quantitative estimate of drug-likeness (QED) is 0.568. The zero-order valence-electron chi connectivity index (χ0n) is 13.4. The van der Waals surface area contributed by atoms with E-state index in [4.69, 9.17) is 0 Å². The molecule has 0 spiro atoms. The van der Waals surface area contributed by atoms with Crippen molar-refractivity contribution in [2.24, 2.45) is 7.05 Å². The zero-order valence-corrected chi connectivity index (χ0v) is 13.4. The highest BCUT2D eigenvalue weighted by Gasteiger charge is 2.12. The Bertz CT molecular complexity index is 1010. The van der Waals surface area contributed by atoms with Gasteiger partial charge >= 0.3 is 0 Å². The number of aryl methyl sites for hydroxylation is 2. The van der Waals surface area contributed by atoms with Crippen LogP contribution in [-0.2, 0) is 7.05 Å². The van der Waals surface area contributed by atoms with Crippen LogP contribution in [0, 0.1) is 6.92 Å². The van der Waals surface area contributed by atoms with Crippen molar-refractivity contribution < 1.29 is 0 Å². The van der Waals surface area contributed by atoms with Crippen molar-refractivity contribution in [3.05, 3.63) is 54.5 Å². The molecule has 0 aliphatic carbocycles. The van der Waals surface area contributed by atoms with E-state index in [1.54, 1.807) is 6.33 Å². The van der Waals surface area contributed by atoms with Crippen LogP contribution in [0.15, 0.2) is 48.8 Å². The summed E-state index contributed by atoms with van der Waals surface area (Å²) in [5.41, 5.74) is 4.16. The SMILES string of the molecule is Cc1c2ccc(N(C)c3ncnc4ccccc34)cc2nn1C. The van der Waals surface area contributed by atoms with Crippen molar-refractivity contribution in [1.82, 2.24) is 19.7 Å². The number of benzene rings is 2. The number of para-hydroxylation sites is 1. The molecule has 4 rings (SSSR count). The van der Waals surface area contributed by atoms with Crippen LogP contribution in [0.2, 0.25) is 0 Å². The van der Waals surface area contributed by atoms with E-state index in [9.17, 15) is 0 Å². The molecule has 0 saturated carbocycles. The molecule has 0 radical (unpaired) electrons. The molecule has 2 aromatic heterocycles. The molecule has 0 amide bonds. The van der Waals surface area contributed by atoms with Crippen LogP contribution >= 0.6 is 0 Å². The van der Waals surface area contributed by atoms with Crippen LogP contribution in [0.1, 0.15) is 5.69 Å². The zero-order chi connectivity index (χ0) is 16.0. The molecular weight excluding hydrogens is 286 g/mol. The van der Waals surface area contributed by atoms with E-state index in [-0.39, 0.29) is 0 Å². The van der Waals surface area contributed by atoms with E-state index in [1.807, 2.05) is 43.0 Å². The van der Waals surface area contributed by atoms with E-state index in [1.165, 1.54) is 11.1 Å². The van der Waals surface area contributed by atoms with Gasteiger partial charge in [0.15, 0.2) is 0 Å². The van der Waals surface area contributed by atoms with E-state index in [0.717, 1.165) is 27.9 Å². The molecule has 0 unspecified atom stereocenters. The van der Waals surface area contributed by atoms with Crippen LogP contribution < -0.4 is 4.90 Å². The van der Waals surface area contributed by atoms with Gasteiger partial charge in [0.25, 0.3) is 0 Å². The number of hydrogen-bond donors (Lipinski definition) is 0. The van der Waals surface area contributed by atoms with Crippen molar-refractivity contribution in [3.8, 4) is 0 Å². The molecule has 2 aromatic carbocycles. The molecule has 4 aromatic rings. The number of aromatic nitrogens is 4. The van der Waals surface area contributed by atoms with Gasteiger partial charge in [-0.15, -0.1) is 0 Å². The summed E-state index contributed by atoms with van der Waals surface area (Å²) in [6, 6.07) is 14.4. The Hall–Kier alpha value is -2.95. The number of anilines is 2. The standard InChI is InChI=1S/C18H17N5/c1-12-14-9-8-13(10-17(14)21-23(12)3)22(2)18-15-6-4-5-7-16(15)19-11-20-18/h4-11H,1-3H3. The lowest BCUT2D eigenvalue weighted by molar-refractivity contribution is 0.751. The molecule has 0 aliphatic heterocycles. The van der Waals surface area contributed by atoms with E-state index < -0.39 is 0 Å². The summed E-state index contributed by atoms with van der Waals surface area (Å²) >= 11 is 0. The van der Waals surface area contributed by atoms with Gasteiger partial charge in [0, 0.05) is 36.2 Å². The Morgan fingerprint density at radius 1 is 0.957 bits per heavy atom. The Kier molecular flexibility index (Phi) is 3.01. The number of hydrogen-bond acceptors (Lipinski definition) is 4.